The van der Waals surface area contributed by atoms with Crippen LogP contribution in [0.3, 0.4) is 0 Å². The smallest absolute Gasteiger partial charge is 0.221 e. The van der Waals surface area contributed by atoms with Crippen molar-refractivity contribution in [3.8, 4) is 152 Å². The van der Waals surface area contributed by atoms with Crippen molar-refractivity contribution in [2.24, 2.45) is 0 Å². The van der Waals surface area contributed by atoms with Crippen molar-refractivity contribution in [3.05, 3.63) is 504 Å². The van der Waals surface area contributed by atoms with Crippen LogP contribution in [-0.4, -0.2) is 71.8 Å². The third kappa shape index (κ3) is 15.2. The molecule has 16 heteroatoms. The van der Waals surface area contributed by atoms with Crippen LogP contribution in [0.25, 0.3) is 258 Å². The lowest BCUT2D eigenvalue weighted by Gasteiger charge is -2.12. The number of fused-ring (bicyclic) bond motifs is 18. The van der Waals surface area contributed by atoms with E-state index in [1.807, 2.05) is 152 Å². The van der Waals surface area contributed by atoms with Crippen LogP contribution in [0.15, 0.2) is 508 Å². The van der Waals surface area contributed by atoms with Gasteiger partial charge in [-0.3, -0.25) is 26.9 Å². The molecule has 0 N–H and O–H groups in total. The molecule has 29 aromatic rings. The summed E-state index contributed by atoms with van der Waals surface area (Å²) in [5.41, 5.74) is 36.2. The van der Waals surface area contributed by atoms with Crippen LogP contribution in [0.1, 0.15) is 0 Å². The number of aromatic nitrogens is 15. The molecule has 19 aromatic carbocycles. The van der Waals surface area contributed by atoms with E-state index in [1.165, 1.54) is 38.9 Å². The molecule has 16 nitrogen and oxygen atoms in total. The molecular weight excluding hydrogens is 1780 g/mol. The summed E-state index contributed by atoms with van der Waals surface area (Å²) >= 11 is 0. The Labute approximate surface area is 831 Å². The molecule has 29 rings (SSSR count). The van der Waals surface area contributed by atoms with Crippen molar-refractivity contribution in [1.29, 1.82) is 0 Å². The Morgan fingerprint density at radius 1 is 0.159 bits per heavy atom. The zero-order chi connectivity index (χ0) is 95.8. The summed E-state index contributed by atoms with van der Waals surface area (Å²) in [6.45, 7) is 0. The fourth-order valence-electron chi connectivity index (χ4n) is 20.4. The number of para-hydroxylation sites is 8. The summed E-state index contributed by atoms with van der Waals surface area (Å²) in [7, 11) is 0. The molecule has 10 aromatic heterocycles. The van der Waals surface area contributed by atoms with E-state index < -0.39 is 0 Å². The number of furan rings is 1. The average molecular weight is 1860 g/mol. The van der Waals surface area contributed by atoms with Crippen LogP contribution < -0.4 is 0 Å². The number of rotatable bonds is 15. The van der Waals surface area contributed by atoms with Crippen LogP contribution in [0, 0.1) is 0 Å². The summed E-state index contributed by atoms with van der Waals surface area (Å²) in [6.07, 6.45) is 0. The van der Waals surface area contributed by atoms with E-state index in [-0.39, 0.29) is 0 Å². The van der Waals surface area contributed by atoms with E-state index in [0.29, 0.717) is 17.5 Å². The quantitative estimate of drug-likeness (QED) is 0.0967. The molecule has 0 saturated heterocycles. The topological polar surface area (TPSA) is 157 Å². The molecule has 0 aliphatic carbocycles. The van der Waals surface area contributed by atoms with E-state index in [4.69, 9.17) is 49.3 Å². The monoisotopic (exact) mass is 1860 g/mol. The fraction of sp³-hybridized carbons (Fsp3) is 0. The van der Waals surface area contributed by atoms with E-state index >= 15 is 0 Å². The minimum atomic E-state index is 0.659. The third-order valence-corrected chi connectivity index (χ3v) is 27.2. The zero-order valence-electron chi connectivity index (χ0n) is 78.0. The highest BCUT2D eigenvalue weighted by atomic mass is 16.3. The molecule has 0 fully saturated rings. The van der Waals surface area contributed by atoms with Gasteiger partial charge in [-0.2, -0.15) is 0 Å². The zero-order valence-corrected chi connectivity index (χ0v) is 78.0. The maximum Gasteiger partial charge on any atom is 0.221 e. The van der Waals surface area contributed by atoms with Gasteiger partial charge in [0.25, 0.3) is 0 Å². The first-order valence-corrected chi connectivity index (χ1v) is 48.5. The second kappa shape index (κ2) is 35.8. The summed E-state index contributed by atoms with van der Waals surface area (Å²) < 4.78 is 19.7. The van der Waals surface area contributed by atoms with Crippen molar-refractivity contribution in [1.82, 2.24) is 71.8 Å². The van der Waals surface area contributed by atoms with E-state index in [2.05, 4.69) is 379 Å². The number of nitrogens with zero attached hydrogens (tertiary/aromatic N) is 15. The van der Waals surface area contributed by atoms with Gasteiger partial charge in [0.1, 0.15) is 28.6 Å². The van der Waals surface area contributed by atoms with Crippen LogP contribution in [0.5, 0.6) is 0 Å². The van der Waals surface area contributed by atoms with Gasteiger partial charge < -0.3 is 4.42 Å². The number of hydrogen-bond acceptors (Lipinski definition) is 10. The molecule has 680 valence electrons. The van der Waals surface area contributed by atoms with Gasteiger partial charge in [0, 0.05) is 67.9 Å². The minimum Gasteiger partial charge on any atom is -0.455 e. The Kier molecular flexibility index (Phi) is 20.8. The fourth-order valence-corrected chi connectivity index (χ4v) is 20.4. The van der Waals surface area contributed by atoms with Crippen molar-refractivity contribution >= 4 is 105 Å². The number of hydrogen-bond donors (Lipinski definition) is 0. The first kappa shape index (κ1) is 84.3. The van der Waals surface area contributed by atoms with Crippen LogP contribution >= 0.6 is 0 Å². The Hall–Kier alpha value is -20.0. The van der Waals surface area contributed by atoms with Gasteiger partial charge >= 0.3 is 0 Å². The van der Waals surface area contributed by atoms with Gasteiger partial charge in [0.2, 0.25) is 17.3 Å². The molecule has 0 amide bonds. The molecular formula is C129H83N15O. The van der Waals surface area contributed by atoms with E-state index in [0.717, 1.165) is 201 Å². The lowest BCUT2D eigenvalue weighted by molar-refractivity contribution is 0.670. The lowest BCUT2D eigenvalue weighted by Crippen LogP contribution is -2.03. The van der Waals surface area contributed by atoms with Gasteiger partial charge in [-0.1, -0.05) is 388 Å². The second-order valence-corrected chi connectivity index (χ2v) is 36.0. The average Bonchev–Trinajstić information content (AvgIpc) is 1.56. The van der Waals surface area contributed by atoms with Crippen molar-refractivity contribution in [2.45, 2.75) is 0 Å². The molecule has 0 atom stereocenters. The van der Waals surface area contributed by atoms with Gasteiger partial charge in [-0.15, -0.1) is 0 Å². The largest absolute Gasteiger partial charge is 0.455 e. The molecule has 0 aliphatic rings. The highest BCUT2D eigenvalue weighted by Crippen LogP contribution is 2.44. The molecule has 10 heterocycles. The molecule has 0 aliphatic heterocycles. The first-order chi connectivity index (χ1) is 71.9. The van der Waals surface area contributed by atoms with Crippen molar-refractivity contribution < 1.29 is 4.42 Å². The van der Waals surface area contributed by atoms with Crippen LogP contribution in [-0.2, 0) is 0 Å². The van der Waals surface area contributed by atoms with E-state index in [1.54, 1.807) is 0 Å². The standard InChI is InChI=1S/C47H31N5.C41H25N5O.C41H27N5/c1-5-15-32(16-6-1)37-27-38(33-17-7-2-8-18-33)29-39(28-37)36-25-26-43-44(30-36)51-42-24-14-13-23-40(42)49-47(51)52(43)45-31-41(34-19-9-3-10-20-34)48-46(50-45)35-21-11-4-12-22-35;1-3-12-26(13-4-1)33-25-38(44-40(42-33)27-14-5-2-6-15-27)46-35-23-22-28(24-36(35)45-34-20-9-8-19-32(34)43-41(45)46)29-17-11-18-31-30-16-7-10-21-37(30)47-39(29)31;1-4-14-28(15-5-1)32-20-10-11-21-33(32)31-24-25-37-38(26-31)45-36-23-13-12-22-34(36)43-41(45)46(37)39-27-35(29-16-6-2-7-17-29)42-40(44-39)30-18-8-3-9-19-30/h1-31H;1-25H;1-27H. The molecule has 0 radical (unpaired) electrons. The summed E-state index contributed by atoms with van der Waals surface area (Å²) in [4.78, 5) is 46.2. The molecule has 0 bridgehead atoms. The number of imidazole rings is 6. The summed E-state index contributed by atoms with van der Waals surface area (Å²) in [5, 5.41) is 2.23. The van der Waals surface area contributed by atoms with E-state index in [9.17, 15) is 0 Å². The van der Waals surface area contributed by atoms with Crippen molar-refractivity contribution in [2.75, 3.05) is 0 Å². The SMILES string of the molecule is c1ccc(-c2cc(-c3ccccc3)cc(-c3ccc4c(c3)n3c5ccccc5nc3n4-c3cc(-c4ccccc4)nc(-c4ccccc4)n3)c2)cc1.c1ccc(-c2cc(-n3c4ccc(-c5cccc6c5oc5ccccc56)cc4n4c5ccccc5nc34)nc(-c3ccccc3)n2)cc1.c1ccc(-c2cc(-n3c4ccc(-c5ccccc5-c5ccccc5)cc4n4c5ccccc5nc34)nc(-c3ccccc3)n2)cc1. The van der Waals surface area contributed by atoms with Gasteiger partial charge in [-0.25, -0.2) is 44.9 Å². The highest BCUT2D eigenvalue weighted by molar-refractivity contribution is 6.10. The Bertz CT molecular complexity index is 9770. The minimum absolute atomic E-state index is 0.659. The normalized spacial score (nSPS) is 11.6. The molecule has 0 spiro atoms. The molecule has 0 saturated carbocycles. The Morgan fingerprint density at radius 2 is 0.441 bits per heavy atom. The highest BCUT2D eigenvalue weighted by Gasteiger charge is 2.28. The van der Waals surface area contributed by atoms with Crippen molar-refractivity contribution in [3.63, 3.8) is 0 Å². The molecule has 0 unspecified atom stereocenters. The summed E-state index contributed by atoms with van der Waals surface area (Å²) in [6, 6.07) is 174. The lowest BCUT2D eigenvalue weighted by atomic mass is 9.93. The maximum atomic E-state index is 6.44. The predicted octanol–water partition coefficient (Wildman–Crippen LogP) is 31.6. The Balaban J connectivity index is 0.000000108. The molecule has 145 heavy (non-hydrogen) atoms. The Morgan fingerprint density at radius 3 is 0.828 bits per heavy atom. The third-order valence-electron chi connectivity index (χ3n) is 27.2. The first-order valence-electron chi connectivity index (χ1n) is 48.5. The maximum absolute atomic E-state index is 6.44. The van der Waals surface area contributed by atoms with Gasteiger partial charge in [-0.05, 0) is 158 Å². The van der Waals surface area contributed by atoms with Gasteiger partial charge in [0.15, 0.2) is 17.5 Å². The summed E-state index contributed by atoms with van der Waals surface area (Å²) in [5.74, 6) is 6.66. The number of benzene rings is 19. The second-order valence-electron chi connectivity index (χ2n) is 36.0. The van der Waals surface area contributed by atoms with Crippen LogP contribution in [0.2, 0.25) is 0 Å². The van der Waals surface area contributed by atoms with Crippen LogP contribution in [0.4, 0.5) is 0 Å². The predicted molar refractivity (Wildman–Crippen MR) is 588 cm³/mol. The van der Waals surface area contributed by atoms with Gasteiger partial charge in [0.05, 0.1) is 83.3 Å².